The molecule has 0 bridgehead atoms. The molecule has 29 heavy (non-hydrogen) atoms. The summed E-state index contributed by atoms with van der Waals surface area (Å²) in [6.07, 6.45) is 7.47. The van der Waals surface area contributed by atoms with Gasteiger partial charge in [0.25, 0.3) is 0 Å². The van der Waals surface area contributed by atoms with Crippen LogP contribution in [0.4, 0.5) is 17.3 Å². The number of nitrogens with zero attached hydrogens (tertiary/aromatic N) is 5. The second-order valence-electron chi connectivity index (χ2n) is 8.41. The third-order valence-corrected chi connectivity index (χ3v) is 6.37. The maximum Gasteiger partial charge on any atom is 0.149 e. The van der Waals surface area contributed by atoms with E-state index in [0.29, 0.717) is 22.4 Å². The SMILES string of the molecule is CC1(N2CCN(c3nc(Nc4cnn(C5CC5)c4)c(C=N)cc3Cl)CC2)COC1. The molecule has 0 atom stereocenters. The van der Waals surface area contributed by atoms with Crippen molar-refractivity contribution in [3.8, 4) is 0 Å². The van der Waals surface area contributed by atoms with E-state index in [1.165, 1.54) is 19.1 Å². The van der Waals surface area contributed by atoms with Crippen LogP contribution in [0, 0.1) is 5.41 Å². The maximum atomic E-state index is 7.75. The molecule has 154 valence electrons. The monoisotopic (exact) mass is 415 g/mol. The lowest BCUT2D eigenvalue weighted by atomic mass is 9.97. The molecule has 2 aromatic heterocycles. The van der Waals surface area contributed by atoms with Gasteiger partial charge < -0.3 is 20.4 Å². The highest BCUT2D eigenvalue weighted by Crippen LogP contribution is 2.35. The minimum Gasteiger partial charge on any atom is -0.377 e. The lowest BCUT2D eigenvalue weighted by Gasteiger charge is -2.50. The molecule has 2 aliphatic heterocycles. The number of pyridine rings is 1. The summed E-state index contributed by atoms with van der Waals surface area (Å²) in [4.78, 5) is 9.53. The molecule has 2 aromatic rings. The molecule has 2 saturated heterocycles. The molecule has 0 amide bonds. The molecule has 0 aromatic carbocycles. The van der Waals surface area contributed by atoms with Gasteiger partial charge in [0.1, 0.15) is 11.6 Å². The van der Waals surface area contributed by atoms with Crippen molar-refractivity contribution in [3.63, 3.8) is 0 Å². The predicted octanol–water partition coefficient (Wildman–Crippen LogP) is 2.92. The molecule has 4 heterocycles. The molecular weight excluding hydrogens is 390 g/mol. The van der Waals surface area contributed by atoms with Crippen molar-refractivity contribution in [1.82, 2.24) is 19.7 Å². The van der Waals surface area contributed by atoms with Crippen LogP contribution in [0.5, 0.6) is 0 Å². The van der Waals surface area contributed by atoms with E-state index in [9.17, 15) is 0 Å². The normalized spacial score (nSPS) is 21.7. The van der Waals surface area contributed by atoms with Gasteiger partial charge in [0.2, 0.25) is 0 Å². The van der Waals surface area contributed by atoms with Crippen LogP contribution in [0.1, 0.15) is 31.4 Å². The molecule has 8 nitrogen and oxygen atoms in total. The van der Waals surface area contributed by atoms with Crippen LogP contribution in [-0.2, 0) is 4.74 Å². The highest BCUT2D eigenvalue weighted by atomic mass is 35.5. The van der Waals surface area contributed by atoms with Crippen molar-refractivity contribution in [2.45, 2.75) is 31.3 Å². The van der Waals surface area contributed by atoms with Crippen LogP contribution in [-0.4, -0.2) is 70.8 Å². The van der Waals surface area contributed by atoms with Crippen LogP contribution in [0.2, 0.25) is 5.02 Å². The van der Waals surface area contributed by atoms with E-state index < -0.39 is 0 Å². The van der Waals surface area contributed by atoms with Gasteiger partial charge in [0.15, 0.2) is 0 Å². The summed E-state index contributed by atoms with van der Waals surface area (Å²) in [6, 6.07) is 2.35. The zero-order valence-electron chi connectivity index (χ0n) is 16.6. The molecule has 3 fully saturated rings. The molecule has 0 unspecified atom stereocenters. The Labute approximate surface area is 175 Å². The largest absolute Gasteiger partial charge is 0.377 e. The Hall–Kier alpha value is -2.16. The number of rotatable bonds is 6. The van der Waals surface area contributed by atoms with Crippen molar-refractivity contribution < 1.29 is 4.74 Å². The summed E-state index contributed by atoms with van der Waals surface area (Å²) < 4.78 is 7.41. The van der Waals surface area contributed by atoms with Crippen LogP contribution in [0.25, 0.3) is 0 Å². The Morgan fingerprint density at radius 1 is 1.28 bits per heavy atom. The van der Waals surface area contributed by atoms with Crippen LogP contribution >= 0.6 is 11.6 Å². The van der Waals surface area contributed by atoms with E-state index in [0.717, 1.165) is 50.9 Å². The zero-order chi connectivity index (χ0) is 20.0. The highest BCUT2D eigenvalue weighted by molar-refractivity contribution is 6.33. The quantitative estimate of drug-likeness (QED) is 0.706. The average Bonchev–Trinajstić information content (AvgIpc) is 3.46. The second-order valence-corrected chi connectivity index (χ2v) is 8.81. The first-order valence-corrected chi connectivity index (χ1v) is 10.5. The fourth-order valence-electron chi connectivity index (χ4n) is 4.04. The van der Waals surface area contributed by atoms with E-state index in [2.05, 4.69) is 27.1 Å². The van der Waals surface area contributed by atoms with Gasteiger partial charge in [-0.2, -0.15) is 5.10 Å². The maximum absolute atomic E-state index is 7.75. The third-order valence-electron chi connectivity index (χ3n) is 6.10. The van der Waals surface area contributed by atoms with Crippen LogP contribution in [0.15, 0.2) is 18.5 Å². The second kappa shape index (κ2) is 7.27. The summed E-state index contributed by atoms with van der Waals surface area (Å²) in [7, 11) is 0. The molecule has 1 aliphatic carbocycles. The molecule has 3 aliphatic rings. The minimum absolute atomic E-state index is 0.168. The van der Waals surface area contributed by atoms with E-state index >= 15 is 0 Å². The summed E-state index contributed by atoms with van der Waals surface area (Å²) in [6.45, 7) is 7.53. The number of aromatic nitrogens is 3. The summed E-state index contributed by atoms with van der Waals surface area (Å²) in [5, 5.41) is 16.1. The Kier molecular flexibility index (Phi) is 4.72. The first-order valence-electron chi connectivity index (χ1n) is 10.2. The fourth-order valence-corrected chi connectivity index (χ4v) is 4.32. The fraction of sp³-hybridized carbons (Fsp3) is 0.550. The van der Waals surface area contributed by atoms with Crippen LogP contribution in [0.3, 0.4) is 0 Å². The first-order chi connectivity index (χ1) is 14.1. The Bertz CT molecular complexity index is 914. The lowest BCUT2D eigenvalue weighted by molar-refractivity contribution is -0.131. The molecule has 2 N–H and O–H groups in total. The van der Waals surface area contributed by atoms with Gasteiger partial charge >= 0.3 is 0 Å². The molecule has 9 heteroatoms. The summed E-state index contributed by atoms with van der Waals surface area (Å²) in [5.41, 5.74) is 1.71. The van der Waals surface area contributed by atoms with Gasteiger partial charge in [-0.1, -0.05) is 11.6 Å². The minimum atomic E-state index is 0.168. The summed E-state index contributed by atoms with van der Waals surface area (Å²) >= 11 is 6.55. The van der Waals surface area contributed by atoms with E-state index in [-0.39, 0.29) is 5.54 Å². The van der Waals surface area contributed by atoms with Crippen molar-refractivity contribution in [2.24, 2.45) is 0 Å². The molecule has 1 saturated carbocycles. The van der Waals surface area contributed by atoms with Crippen LogP contribution < -0.4 is 10.2 Å². The van der Waals surface area contributed by atoms with Gasteiger partial charge in [-0.05, 0) is 25.8 Å². The van der Waals surface area contributed by atoms with Gasteiger partial charge in [-0.25, -0.2) is 4.98 Å². The molecule has 5 rings (SSSR count). The Balaban J connectivity index is 1.34. The van der Waals surface area contributed by atoms with Crippen molar-refractivity contribution in [3.05, 3.63) is 29.0 Å². The molecular formula is C20H26ClN7O. The van der Waals surface area contributed by atoms with E-state index in [1.807, 2.05) is 23.1 Å². The smallest absolute Gasteiger partial charge is 0.149 e. The number of hydrogen-bond acceptors (Lipinski definition) is 7. The third kappa shape index (κ3) is 3.60. The van der Waals surface area contributed by atoms with Crippen molar-refractivity contribution in [2.75, 3.05) is 49.6 Å². The summed E-state index contributed by atoms with van der Waals surface area (Å²) in [5.74, 6) is 1.40. The standard InChI is InChI=1S/C20H26ClN7O/c1-20(12-29-13-20)27-6-4-26(5-7-27)19-17(21)8-14(9-22)18(25-19)24-15-10-23-28(11-15)16-2-3-16/h8-11,16,22H,2-7,12-13H2,1H3,(H,24,25). The van der Waals surface area contributed by atoms with Gasteiger partial charge in [-0.15, -0.1) is 0 Å². The number of hydrogen-bond donors (Lipinski definition) is 2. The number of anilines is 3. The number of piperazine rings is 1. The molecule has 0 spiro atoms. The van der Waals surface area contributed by atoms with E-state index in [1.54, 1.807) is 0 Å². The van der Waals surface area contributed by atoms with Crippen molar-refractivity contribution >= 4 is 35.1 Å². The Morgan fingerprint density at radius 3 is 2.66 bits per heavy atom. The predicted molar refractivity (Wildman–Crippen MR) is 114 cm³/mol. The first kappa shape index (κ1) is 18.8. The zero-order valence-corrected chi connectivity index (χ0v) is 17.3. The van der Waals surface area contributed by atoms with E-state index in [4.69, 9.17) is 26.7 Å². The number of ether oxygens (including phenoxy) is 1. The topological polar surface area (TPSA) is 82.3 Å². The number of nitrogens with one attached hydrogen (secondary N) is 2. The average molecular weight is 416 g/mol. The number of halogens is 1. The highest BCUT2D eigenvalue weighted by Gasteiger charge is 2.40. The van der Waals surface area contributed by atoms with Crippen molar-refractivity contribution in [1.29, 1.82) is 5.41 Å². The van der Waals surface area contributed by atoms with Gasteiger partial charge in [-0.3, -0.25) is 9.58 Å². The lowest BCUT2D eigenvalue weighted by Crippen LogP contribution is -2.64. The van der Waals surface area contributed by atoms with Gasteiger partial charge in [0, 0.05) is 44.2 Å². The molecule has 0 radical (unpaired) electrons. The Morgan fingerprint density at radius 2 is 2.03 bits per heavy atom. The van der Waals surface area contributed by atoms with Gasteiger partial charge in [0.05, 0.1) is 41.7 Å².